The van der Waals surface area contributed by atoms with Gasteiger partial charge in [-0.1, -0.05) is 60.1 Å². The van der Waals surface area contributed by atoms with Gasteiger partial charge in [0.2, 0.25) is 0 Å². The third-order valence-corrected chi connectivity index (χ3v) is 4.72. The molecule has 0 amide bonds. The van der Waals surface area contributed by atoms with Crippen molar-refractivity contribution in [2.45, 2.75) is 20.1 Å². The van der Waals surface area contributed by atoms with Crippen LogP contribution in [0.25, 0.3) is 11.1 Å². The predicted octanol–water partition coefficient (Wildman–Crippen LogP) is 2.14. The molecule has 0 fully saturated rings. The molecule has 0 aliphatic carbocycles. The zero-order chi connectivity index (χ0) is 19.4. The number of amidine groups is 1. The maximum Gasteiger partial charge on any atom is 0.167 e. The first-order valence-electron chi connectivity index (χ1n) is 8.34. The van der Waals surface area contributed by atoms with Gasteiger partial charge in [-0.25, -0.2) is 10.8 Å². The second kappa shape index (κ2) is 8.22. The number of imidazole rings is 1. The lowest BCUT2D eigenvalue weighted by Gasteiger charge is -2.13. The Hall–Kier alpha value is -2.87. The third kappa shape index (κ3) is 3.80. The maximum atomic E-state index is 9.53. The zero-order valence-electron chi connectivity index (χ0n) is 14.9. The Kier molecular flexibility index (Phi) is 5.75. The van der Waals surface area contributed by atoms with E-state index in [4.69, 9.17) is 23.3 Å². The minimum Gasteiger partial charge on any atom is -0.390 e. The summed E-state index contributed by atoms with van der Waals surface area (Å²) < 4.78 is 1.91. The lowest BCUT2D eigenvalue weighted by molar-refractivity contribution is 0.271. The molecule has 0 saturated carbocycles. The monoisotopic (exact) mass is 384 g/mol. The van der Waals surface area contributed by atoms with Crippen molar-refractivity contribution in [1.29, 1.82) is 0 Å². The number of aliphatic hydroxyl groups is 1. The quantitative estimate of drug-likeness (QED) is 0.233. The molecule has 2 aromatic carbocycles. The van der Waals surface area contributed by atoms with E-state index in [1.54, 1.807) is 0 Å². The lowest BCUT2D eigenvalue weighted by Crippen LogP contribution is -2.32. The van der Waals surface area contributed by atoms with Crippen LogP contribution in [-0.2, 0) is 13.2 Å². The minimum absolute atomic E-state index is 0.154. The number of nitrogens with one attached hydrogen (secondary N) is 1. The first-order valence-corrected chi connectivity index (χ1v) is 8.72. The number of hydrazone groups is 1. The Bertz CT molecular complexity index is 965. The molecule has 0 atom stereocenters. The summed E-state index contributed by atoms with van der Waals surface area (Å²) in [7, 11) is 0. The van der Waals surface area contributed by atoms with Crippen molar-refractivity contribution in [2.24, 2.45) is 16.8 Å². The summed E-state index contributed by atoms with van der Waals surface area (Å²) in [5, 5.41) is 13.6. The van der Waals surface area contributed by atoms with Crippen LogP contribution in [-0.4, -0.2) is 20.5 Å². The highest BCUT2D eigenvalue weighted by atomic mass is 35.5. The molecule has 6 N–H and O–H groups in total. The number of aryl methyl sites for hydroxylation is 1. The van der Waals surface area contributed by atoms with Gasteiger partial charge in [-0.15, -0.1) is 0 Å². The molecule has 0 bridgehead atoms. The molecular weight excluding hydrogens is 364 g/mol. The summed E-state index contributed by atoms with van der Waals surface area (Å²) in [6.07, 6.45) is 0. The van der Waals surface area contributed by atoms with Crippen molar-refractivity contribution >= 4 is 17.4 Å². The smallest absolute Gasteiger partial charge is 0.167 e. The molecule has 1 heterocycles. The number of rotatable bonds is 5. The summed E-state index contributed by atoms with van der Waals surface area (Å²) in [6.45, 7) is 2.28. The summed E-state index contributed by atoms with van der Waals surface area (Å²) >= 11 is 6.07. The Morgan fingerprint density at radius 1 is 1.22 bits per heavy atom. The molecule has 27 heavy (non-hydrogen) atoms. The van der Waals surface area contributed by atoms with Gasteiger partial charge in [0.1, 0.15) is 5.82 Å². The van der Waals surface area contributed by atoms with Crippen LogP contribution in [0.5, 0.6) is 0 Å². The van der Waals surface area contributed by atoms with Crippen molar-refractivity contribution in [3.63, 3.8) is 0 Å². The van der Waals surface area contributed by atoms with Crippen LogP contribution >= 0.6 is 11.6 Å². The minimum atomic E-state index is -0.154. The Balaban J connectivity index is 1.92. The first-order chi connectivity index (χ1) is 13.1. The van der Waals surface area contributed by atoms with Crippen LogP contribution in [0.15, 0.2) is 53.6 Å². The summed E-state index contributed by atoms with van der Waals surface area (Å²) in [4.78, 5) is 4.22. The predicted molar refractivity (Wildman–Crippen MR) is 107 cm³/mol. The highest BCUT2D eigenvalue weighted by Gasteiger charge is 2.13. The van der Waals surface area contributed by atoms with E-state index in [0.29, 0.717) is 23.2 Å². The van der Waals surface area contributed by atoms with E-state index in [-0.39, 0.29) is 6.61 Å². The van der Waals surface area contributed by atoms with Crippen molar-refractivity contribution < 1.29 is 5.11 Å². The largest absolute Gasteiger partial charge is 0.390 e. The van der Waals surface area contributed by atoms with Crippen molar-refractivity contribution in [3.8, 4) is 11.1 Å². The van der Waals surface area contributed by atoms with Gasteiger partial charge in [0.15, 0.2) is 11.0 Å². The number of hydrogen-bond acceptors (Lipinski definition) is 5. The van der Waals surface area contributed by atoms with Gasteiger partial charge in [-0.2, -0.15) is 5.10 Å². The van der Waals surface area contributed by atoms with Crippen molar-refractivity contribution in [1.82, 2.24) is 15.0 Å². The van der Waals surface area contributed by atoms with Crippen LogP contribution in [0, 0.1) is 6.92 Å². The van der Waals surface area contributed by atoms with Crippen molar-refractivity contribution in [3.05, 3.63) is 76.3 Å². The molecule has 8 heteroatoms. The molecule has 0 saturated heterocycles. The van der Waals surface area contributed by atoms with Gasteiger partial charge in [0.25, 0.3) is 0 Å². The highest BCUT2D eigenvalue weighted by molar-refractivity contribution is 6.30. The van der Waals surface area contributed by atoms with Gasteiger partial charge >= 0.3 is 0 Å². The molecule has 7 nitrogen and oxygen atoms in total. The fourth-order valence-electron chi connectivity index (χ4n) is 3.03. The van der Waals surface area contributed by atoms with Gasteiger partial charge in [0, 0.05) is 12.1 Å². The van der Waals surface area contributed by atoms with E-state index in [0.717, 1.165) is 28.1 Å². The van der Waals surface area contributed by atoms with Gasteiger partial charge in [0.05, 0.1) is 12.3 Å². The normalized spacial score (nSPS) is 11.6. The number of hydrazine groups is 1. The number of aliphatic hydroxyl groups excluding tert-OH is 1. The standard InChI is InChI=1S/C19H21ClN6O/c1-12-23-18(20)17(11-27)26(12)10-13-6-8-14(9-7-13)15-4-2-3-5-16(15)19(24-21)25-22/h2-9,27H,10-11,21-22H2,1H3,(H,24,25). The summed E-state index contributed by atoms with van der Waals surface area (Å²) in [5.74, 6) is 12.1. The van der Waals surface area contributed by atoms with Crippen molar-refractivity contribution in [2.75, 3.05) is 0 Å². The maximum absolute atomic E-state index is 9.53. The first kappa shape index (κ1) is 18.9. The average molecular weight is 385 g/mol. The van der Waals surface area contributed by atoms with Crippen LogP contribution in [0.1, 0.15) is 22.6 Å². The van der Waals surface area contributed by atoms with E-state index in [2.05, 4.69) is 15.5 Å². The molecular formula is C19H21ClN6O. The highest BCUT2D eigenvalue weighted by Crippen LogP contribution is 2.25. The molecule has 3 rings (SSSR count). The summed E-state index contributed by atoms with van der Waals surface area (Å²) in [6, 6.07) is 15.8. The van der Waals surface area contributed by atoms with E-state index in [9.17, 15) is 5.11 Å². The molecule has 0 unspecified atom stereocenters. The van der Waals surface area contributed by atoms with E-state index in [1.165, 1.54) is 0 Å². The fourth-order valence-corrected chi connectivity index (χ4v) is 3.32. The van der Waals surface area contributed by atoms with Crippen LogP contribution in [0.2, 0.25) is 5.15 Å². The fraction of sp³-hybridized carbons (Fsp3) is 0.158. The third-order valence-electron chi connectivity index (χ3n) is 4.42. The Morgan fingerprint density at radius 2 is 1.93 bits per heavy atom. The Morgan fingerprint density at radius 3 is 2.56 bits per heavy atom. The van der Waals surface area contributed by atoms with E-state index < -0.39 is 0 Å². The number of nitrogens with two attached hydrogens (primary N) is 2. The molecule has 1 aromatic heterocycles. The number of nitrogens with zero attached hydrogens (tertiary/aromatic N) is 3. The number of hydrogen-bond donors (Lipinski definition) is 4. The number of benzene rings is 2. The van der Waals surface area contributed by atoms with Gasteiger partial charge in [-0.3, -0.25) is 0 Å². The lowest BCUT2D eigenvalue weighted by atomic mass is 9.98. The second-order valence-corrected chi connectivity index (χ2v) is 6.36. The molecule has 0 aliphatic rings. The van der Waals surface area contributed by atoms with E-state index in [1.807, 2.05) is 60.0 Å². The SMILES string of the molecule is Cc1nc(Cl)c(CO)n1Cc1ccc(-c2ccccc2C(=NN)NN)cc1. The Labute approximate surface area is 162 Å². The van der Waals surface area contributed by atoms with Crippen LogP contribution in [0.4, 0.5) is 0 Å². The average Bonchev–Trinajstić information content (AvgIpc) is 2.96. The molecule has 0 spiro atoms. The number of aromatic nitrogens is 2. The molecule has 0 radical (unpaired) electrons. The van der Waals surface area contributed by atoms with Gasteiger partial charge in [-0.05, 0) is 23.6 Å². The van der Waals surface area contributed by atoms with Gasteiger partial charge < -0.3 is 20.9 Å². The second-order valence-electron chi connectivity index (χ2n) is 6.01. The van der Waals surface area contributed by atoms with Crippen LogP contribution in [0.3, 0.4) is 0 Å². The zero-order valence-corrected chi connectivity index (χ0v) is 15.6. The topological polar surface area (TPSA) is 114 Å². The van der Waals surface area contributed by atoms with Crippen LogP contribution < -0.4 is 17.1 Å². The molecule has 3 aromatic rings. The van der Waals surface area contributed by atoms with E-state index >= 15 is 0 Å². The summed E-state index contributed by atoms with van der Waals surface area (Å²) in [5.41, 5.74) is 6.98. The molecule has 140 valence electrons. The number of halogens is 1. The molecule has 0 aliphatic heterocycles.